The molecular formula is C16H18FNO2. The van der Waals surface area contributed by atoms with Gasteiger partial charge in [0.1, 0.15) is 0 Å². The highest BCUT2D eigenvalue weighted by Gasteiger charge is 2.70. The average Bonchev–Trinajstić information content (AvgIpc) is 3.07. The summed E-state index contributed by atoms with van der Waals surface area (Å²) in [6, 6.07) is 9.39. The number of hydrogen-bond acceptors (Lipinski definition) is 2. The first-order valence-corrected chi connectivity index (χ1v) is 7.18. The van der Waals surface area contributed by atoms with Crippen molar-refractivity contribution in [1.82, 2.24) is 5.32 Å². The van der Waals surface area contributed by atoms with Crippen molar-refractivity contribution in [3.8, 4) is 0 Å². The van der Waals surface area contributed by atoms with Gasteiger partial charge in [0.15, 0.2) is 5.67 Å². The van der Waals surface area contributed by atoms with Gasteiger partial charge in [-0.25, -0.2) is 4.39 Å². The molecule has 0 aromatic heterocycles. The largest absolute Gasteiger partial charge is 0.396 e. The number of alkyl halides is 1. The Morgan fingerprint density at radius 2 is 1.95 bits per heavy atom. The first-order valence-electron chi connectivity index (χ1n) is 7.18. The molecule has 0 unspecified atom stereocenters. The molecule has 106 valence electrons. The van der Waals surface area contributed by atoms with Crippen LogP contribution in [0.15, 0.2) is 30.3 Å². The zero-order valence-electron chi connectivity index (χ0n) is 11.2. The second-order valence-corrected chi connectivity index (χ2v) is 6.95. The summed E-state index contributed by atoms with van der Waals surface area (Å²) in [4.78, 5) is 12.2. The molecule has 0 radical (unpaired) electrons. The fourth-order valence-corrected chi connectivity index (χ4v) is 4.20. The Bertz CT molecular complexity index is 553. The van der Waals surface area contributed by atoms with Gasteiger partial charge in [0.25, 0.3) is 5.91 Å². The normalized spacial score (nSPS) is 44.2. The number of carbonyl (C=O) groups is 1. The van der Waals surface area contributed by atoms with E-state index in [-0.39, 0.29) is 29.9 Å². The van der Waals surface area contributed by atoms with Crippen molar-refractivity contribution in [3.63, 3.8) is 0 Å². The monoisotopic (exact) mass is 275 g/mol. The Hall–Kier alpha value is -1.42. The first-order chi connectivity index (χ1) is 9.51. The van der Waals surface area contributed by atoms with Crippen LogP contribution in [0.3, 0.4) is 0 Å². The highest BCUT2D eigenvalue weighted by Crippen LogP contribution is 2.67. The second kappa shape index (κ2) is 3.61. The highest BCUT2D eigenvalue weighted by atomic mass is 19.1. The van der Waals surface area contributed by atoms with E-state index < -0.39 is 11.6 Å². The minimum atomic E-state index is -1.73. The zero-order valence-corrected chi connectivity index (χ0v) is 11.2. The van der Waals surface area contributed by atoms with E-state index in [4.69, 9.17) is 0 Å². The van der Waals surface area contributed by atoms with Crippen LogP contribution in [0.5, 0.6) is 0 Å². The number of aliphatic hydroxyl groups is 1. The molecule has 0 saturated heterocycles. The number of halogens is 1. The van der Waals surface area contributed by atoms with Crippen LogP contribution in [0.1, 0.15) is 37.2 Å². The number of hydrogen-bond donors (Lipinski definition) is 2. The fraction of sp³-hybridized carbons (Fsp3) is 0.562. The van der Waals surface area contributed by atoms with Gasteiger partial charge in [-0.15, -0.1) is 0 Å². The van der Waals surface area contributed by atoms with E-state index in [0.717, 1.165) is 24.8 Å². The molecular weight excluding hydrogens is 257 g/mol. The third kappa shape index (κ3) is 1.51. The summed E-state index contributed by atoms with van der Waals surface area (Å²) < 4.78 is 14.7. The Balaban J connectivity index is 1.41. The fourth-order valence-electron chi connectivity index (χ4n) is 4.20. The predicted molar refractivity (Wildman–Crippen MR) is 71.9 cm³/mol. The van der Waals surface area contributed by atoms with Gasteiger partial charge in [-0.2, -0.15) is 0 Å². The first kappa shape index (κ1) is 12.3. The lowest BCUT2D eigenvalue weighted by atomic mass is 9.39. The van der Waals surface area contributed by atoms with Gasteiger partial charge < -0.3 is 10.4 Å². The lowest BCUT2D eigenvalue weighted by Crippen LogP contribution is -2.76. The van der Waals surface area contributed by atoms with Crippen LogP contribution in [-0.4, -0.2) is 28.8 Å². The van der Waals surface area contributed by atoms with E-state index in [2.05, 4.69) is 5.32 Å². The van der Waals surface area contributed by atoms with Gasteiger partial charge in [0.05, 0.1) is 0 Å². The van der Waals surface area contributed by atoms with E-state index in [0.29, 0.717) is 0 Å². The summed E-state index contributed by atoms with van der Waals surface area (Å²) in [6.07, 6.45) is 2.68. The minimum absolute atomic E-state index is 0.0269. The van der Waals surface area contributed by atoms with E-state index in [1.807, 2.05) is 30.3 Å². The Labute approximate surface area is 117 Å². The van der Waals surface area contributed by atoms with Crippen LogP contribution in [0.4, 0.5) is 4.39 Å². The predicted octanol–water partition coefficient (Wildman–Crippen LogP) is 1.91. The van der Waals surface area contributed by atoms with Crippen molar-refractivity contribution in [3.05, 3.63) is 35.9 Å². The Morgan fingerprint density at radius 1 is 1.30 bits per heavy atom. The van der Waals surface area contributed by atoms with Crippen LogP contribution in [0, 0.1) is 5.41 Å². The van der Waals surface area contributed by atoms with Gasteiger partial charge >= 0.3 is 0 Å². The van der Waals surface area contributed by atoms with Crippen molar-refractivity contribution in [2.45, 2.75) is 42.8 Å². The van der Waals surface area contributed by atoms with E-state index in [1.165, 1.54) is 0 Å². The Morgan fingerprint density at radius 3 is 2.55 bits per heavy atom. The molecule has 0 spiro atoms. The maximum atomic E-state index is 14.7. The van der Waals surface area contributed by atoms with Crippen molar-refractivity contribution in [2.24, 2.45) is 5.41 Å². The van der Waals surface area contributed by atoms with Crippen molar-refractivity contribution in [2.75, 3.05) is 6.61 Å². The molecule has 1 aromatic carbocycles. The number of nitrogens with one attached hydrogen (secondary N) is 1. The SMILES string of the molecule is O=C(NC12CC(CO)(C1)C2)[C@]1(F)C[C@H]1c1ccccc1. The van der Waals surface area contributed by atoms with Gasteiger partial charge in [-0.3, -0.25) is 4.79 Å². The van der Waals surface area contributed by atoms with E-state index >= 15 is 0 Å². The maximum Gasteiger partial charge on any atom is 0.258 e. The topological polar surface area (TPSA) is 49.3 Å². The summed E-state index contributed by atoms with van der Waals surface area (Å²) in [5.41, 5.74) is -1.03. The number of amides is 1. The van der Waals surface area contributed by atoms with E-state index in [9.17, 15) is 14.3 Å². The quantitative estimate of drug-likeness (QED) is 0.882. The third-order valence-electron chi connectivity index (χ3n) is 5.33. The third-order valence-corrected chi connectivity index (χ3v) is 5.33. The molecule has 4 aliphatic carbocycles. The molecule has 0 heterocycles. The smallest absolute Gasteiger partial charge is 0.258 e. The summed E-state index contributed by atoms with van der Waals surface area (Å²) in [5.74, 6) is -0.763. The summed E-state index contributed by atoms with van der Waals surface area (Å²) in [6.45, 7) is 0.179. The van der Waals surface area contributed by atoms with Crippen LogP contribution in [0.25, 0.3) is 0 Å². The van der Waals surface area contributed by atoms with Gasteiger partial charge in [-0.05, 0) is 24.8 Å². The molecule has 20 heavy (non-hydrogen) atoms. The van der Waals surface area contributed by atoms with Crippen LogP contribution in [-0.2, 0) is 4.79 Å². The summed E-state index contributed by atoms with van der Waals surface area (Å²) in [5, 5.41) is 12.1. The second-order valence-electron chi connectivity index (χ2n) is 6.95. The molecule has 4 aliphatic rings. The Kier molecular flexibility index (Phi) is 2.23. The summed E-state index contributed by atoms with van der Waals surface area (Å²) in [7, 11) is 0. The van der Waals surface area contributed by atoms with Crippen molar-refractivity contribution < 1.29 is 14.3 Å². The highest BCUT2D eigenvalue weighted by molar-refractivity contribution is 5.91. The van der Waals surface area contributed by atoms with Gasteiger partial charge in [0.2, 0.25) is 0 Å². The van der Waals surface area contributed by atoms with Crippen LogP contribution >= 0.6 is 0 Å². The molecule has 1 aromatic rings. The molecule has 0 aliphatic heterocycles. The van der Waals surface area contributed by atoms with Gasteiger partial charge in [0, 0.05) is 29.9 Å². The maximum absolute atomic E-state index is 14.7. The number of rotatable bonds is 4. The van der Waals surface area contributed by atoms with Crippen LogP contribution in [0.2, 0.25) is 0 Å². The van der Waals surface area contributed by atoms with Crippen molar-refractivity contribution in [1.29, 1.82) is 0 Å². The lowest BCUT2D eigenvalue weighted by Gasteiger charge is -2.70. The molecule has 2 bridgehead atoms. The standard InChI is InChI=1S/C16H18FNO2/c17-16(6-12(16)11-4-2-1-3-5-11)13(20)18-15-7-14(8-15,9-15)10-19/h1-5,12,19H,6-10H2,(H,18,20)/t12-,14?,15?,16-/m0/s1. The van der Waals surface area contributed by atoms with Crippen LogP contribution < -0.4 is 5.32 Å². The molecule has 4 saturated carbocycles. The molecule has 2 atom stereocenters. The summed E-state index contributed by atoms with van der Waals surface area (Å²) >= 11 is 0. The number of aliphatic hydroxyl groups excluding tert-OH is 1. The number of carbonyl (C=O) groups excluding carboxylic acids is 1. The van der Waals surface area contributed by atoms with E-state index in [1.54, 1.807) is 0 Å². The minimum Gasteiger partial charge on any atom is -0.396 e. The molecule has 2 N–H and O–H groups in total. The van der Waals surface area contributed by atoms with Crippen molar-refractivity contribution >= 4 is 5.91 Å². The molecule has 4 heteroatoms. The molecule has 5 rings (SSSR count). The lowest BCUT2D eigenvalue weighted by molar-refractivity contribution is -0.185. The average molecular weight is 275 g/mol. The molecule has 3 nitrogen and oxygen atoms in total. The van der Waals surface area contributed by atoms with Gasteiger partial charge in [-0.1, -0.05) is 30.3 Å². The number of benzene rings is 1. The zero-order chi connectivity index (χ0) is 14.0. The molecule has 1 amide bonds. The molecule has 4 fully saturated rings.